The SMILES string of the molecule is COc1ccc(SCC(=O)NC2CCSc3ccc(F)cc32)cc1. The van der Waals surface area contributed by atoms with Gasteiger partial charge in [0.1, 0.15) is 11.6 Å². The Bertz CT molecular complexity index is 721. The maximum Gasteiger partial charge on any atom is 0.230 e. The van der Waals surface area contributed by atoms with Gasteiger partial charge < -0.3 is 10.1 Å². The third-order valence-electron chi connectivity index (χ3n) is 3.78. The van der Waals surface area contributed by atoms with Crippen molar-refractivity contribution < 1.29 is 13.9 Å². The fraction of sp³-hybridized carbons (Fsp3) is 0.278. The second-order valence-corrected chi connectivity index (χ2v) is 7.59. The molecule has 1 amide bonds. The largest absolute Gasteiger partial charge is 0.497 e. The van der Waals surface area contributed by atoms with Gasteiger partial charge in [-0.1, -0.05) is 0 Å². The molecule has 0 fully saturated rings. The molecule has 1 aliphatic heterocycles. The average molecular weight is 363 g/mol. The van der Waals surface area contributed by atoms with Crippen molar-refractivity contribution >= 4 is 29.4 Å². The molecule has 2 aromatic rings. The van der Waals surface area contributed by atoms with E-state index in [2.05, 4.69) is 5.32 Å². The molecule has 3 rings (SSSR count). The first-order chi connectivity index (χ1) is 11.7. The number of benzene rings is 2. The first-order valence-electron chi connectivity index (χ1n) is 7.64. The minimum atomic E-state index is -0.261. The summed E-state index contributed by atoms with van der Waals surface area (Å²) in [5.74, 6) is 1.75. The molecule has 0 bridgehead atoms. The number of carbonyl (C=O) groups is 1. The summed E-state index contributed by atoms with van der Waals surface area (Å²) in [6.45, 7) is 0. The molecule has 0 saturated carbocycles. The van der Waals surface area contributed by atoms with Crippen LogP contribution >= 0.6 is 23.5 Å². The summed E-state index contributed by atoms with van der Waals surface area (Å²) in [4.78, 5) is 14.3. The summed E-state index contributed by atoms with van der Waals surface area (Å²) < 4.78 is 18.6. The fourth-order valence-corrected chi connectivity index (χ4v) is 4.39. The topological polar surface area (TPSA) is 38.3 Å². The third-order valence-corrected chi connectivity index (χ3v) is 5.91. The van der Waals surface area contributed by atoms with Crippen molar-refractivity contribution in [2.45, 2.75) is 22.3 Å². The number of carbonyl (C=O) groups excluding carboxylic acids is 1. The number of halogens is 1. The van der Waals surface area contributed by atoms with Crippen molar-refractivity contribution in [2.75, 3.05) is 18.6 Å². The summed E-state index contributed by atoms with van der Waals surface area (Å²) in [7, 11) is 1.62. The predicted octanol–water partition coefficient (Wildman–Crippen LogP) is 4.28. The molecular weight excluding hydrogens is 345 g/mol. The predicted molar refractivity (Wildman–Crippen MR) is 96.3 cm³/mol. The van der Waals surface area contributed by atoms with Crippen LogP contribution in [0.15, 0.2) is 52.3 Å². The van der Waals surface area contributed by atoms with Gasteiger partial charge >= 0.3 is 0 Å². The number of fused-ring (bicyclic) bond motifs is 1. The summed E-state index contributed by atoms with van der Waals surface area (Å²) in [5.41, 5.74) is 0.883. The average Bonchev–Trinajstić information content (AvgIpc) is 2.61. The molecule has 1 unspecified atom stereocenters. The van der Waals surface area contributed by atoms with E-state index in [0.29, 0.717) is 5.75 Å². The molecule has 126 valence electrons. The van der Waals surface area contributed by atoms with Gasteiger partial charge in [0, 0.05) is 15.5 Å². The quantitative estimate of drug-likeness (QED) is 0.805. The zero-order chi connectivity index (χ0) is 16.9. The van der Waals surface area contributed by atoms with Crippen LogP contribution in [0.2, 0.25) is 0 Å². The summed E-state index contributed by atoms with van der Waals surface area (Å²) in [6.07, 6.45) is 0.820. The van der Waals surface area contributed by atoms with Gasteiger partial charge in [0.25, 0.3) is 0 Å². The van der Waals surface area contributed by atoms with Gasteiger partial charge in [0.05, 0.1) is 18.9 Å². The molecule has 0 saturated heterocycles. The van der Waals surface area contributed by atoms with E-state index in [1.165, 1.54) is 23.9 Å². The highest BCUT2D eigenvalue weighted by Crippen LogP contribution is 2.36. The van der Waals surface area contributed by atoms with Gasteiger partial charge in [-0.2, -0.15) is 0 Å². The molecular formula is C18H18FNO2S2. The number of rotatable bonds is 5. The van der Waals surface area contributed by atoms with Crippen LogP contribution in [0.5, 0.6) is 5.75 Å². The number of methoxy groups -OCH3 is 1. The second kappa shape index (κ2) is 7.94. The summed E-state index contributed by atoms with van der Waals surface area (Å²) >= 11 is 3.18. The van der Waals surface area contributed by atoms with Crippen molar-refractivity contribution in [2.24, 2.45) is 0 Å². The zero-order valence-corrected chi connectivity index (χ0v) is 14.9. The van der Waals surface area contributed by atoms with Gasteiger partial charge in [0.2, 0.25) is 5.91 Å². The molecule has 1 N–H and O–H groups in total. The van der Waals surface area contributed by atoms with Crippen molar-refractivity contribution in [1.82, 2.24) is 5.32 Å². The van der Waals surface area contributed by atoms with Crippen LogP contribution in [0.25, 0.3) is 0 Å². The number of hydrogen-bond acceptors (Lipinski definition) is 4. The molecule has 1 heterocycles. The molecule has 0 spiro atoms. The lowest BCUT2D eigenvalue weighted by molar-refractivity contribution is -0.119. The Kier molecular flexibility index (Phi) is 5.68. The Morgan fingerprint density at radius 2 is 2.12 bits per heavy atom. The van der Waals surface area contributed by atoms with E-state index in [1.54, 1.807) is 24.9 Å². The highest BCUT2D eigenvalue weighted by Gasteiger charge is 2.22. The van der Waals surface area contributed by atoms with Crippen molar-refractivity contribution in [3.05, 3.63) is 53.8 Å². The van der Waals surface area contributed by atoms with Gasteiger partial charge in [-0.05, 0) is 54.4 Å². The summed E-state index contributed by atoms with van der Waals surface area (Å²) in [6, 6.07) is 12.3. The van der Waals surface area contributed by atoms with E-state index in [-0.39, 0.29) is 17.8 Å². The molecule has 24 heavy (non-hydrogen) atoms. The highest BCUT2D eigenvalue weighted by atomic mass is 32.2. The van der Waals surface area contributed by atoms with Crippen LogP contribution in [0.4, 0.5) is 4.39 Å². The van der Waals surface area contributed by atoms with Gasteiger partial charge in [0.15, 0.2) is 0 Å². The van der Waals surface area contributed by atoms with Crippen LogP contribution < -0.4 is 10.1 Å². The van der Waals surface area contributed by atoms with E-state index in [0.717, 1.165) is 33.3 Å². The molecule has 1 aliphatic rings. The minimum Gasteiger partial charge on any atom is -0.497 e. The molecule has 0 aromatic heterocycles. The first-order valence-corrected chi connectivity index (χ1v) is 9.61. The number of nitrogens with one attached hydrogen (secondary N) is 1. The number of ether oxygens (including phenoxy) is 1. The van der Waals surface area contributed by atoms with E-state index in [1.807, 2.05) is 24.3 Å². The molecule has 0 aliphatic carbocycles. The molecule has 2 aromatic carbocycles. The Labute approximate surface area is 149 Å². The van der Waals surface area contributed by atoms with Crippen LogP contribution in [0.3, 0.4) is 0 Å². The summed E-state index contributed by atoms with van der Waals surface area (Å²) in [5, 5.41) is 3.03. The Morgan fingerprint density at radius 3 is 2.88 bits per heavy atom. The number of thioether (sulfide) groups is 2. The Morgan fingerprint density at radius 1 is 1.33 bits per heavy atom. The van der Waals surface area contributed by atoms with Crippen LogP contribution in [0.1, 0.15) is 18.0 Å². The number of amides is 1. The standard InChI is InChI=1S/C18H18FNO2S2/c1-22-13-3-5-14(6-4-13)24-11-18(21)20-16-8-9-23-17-7-2-12(19)10-15(16)17/h2-7,10,16H,8-9,11H2,1H3,(H,20,21). The maximum absolute atomic E-state index is 13.5. The monoisotopic (exact) mass is 363 g/mol. The third kappa shape index (κ3) is 4.24. The van der Waals surface area contributed by atoms with E-state index in [4.69, 9.17) is 4.74 Å². The van der Waals surface area contributed by atoms with Gasteiger partial charge in [-0.3, -0.25) is 4.79 Å². The van der Waals surface area contributed by atoms with Crippen molar-refractivity contribution in [3.63, 3.8) is 0 Å². The zero-order valence-electron chi connectivity index (χ0n) is 13.3. The van der Waals surface area contributed by atoms with E-state index < -0.39 is 0 Å². The lowest BCUT2D eigenvalue weighted by Crippen LogP contribution is -2.32. The van der Waals surface area contributed by atoms with Crippen LogP contribution in [-0.2, 0) is 4.79 Å². The van der Waals surface area contributed by atoms with Crippen LogP contribution in [-0.4, -0.2) is 24.5 Å². The van der Waals surface area contributed by atoms with E-state index >= 15 is 0 Å². The molecule has 6 heteroatoms. The normalized spacial score (nSPS) is 16.3. The molecule has 3 nitrogen and oxygen atoms in total. The Hall–Kier alpha value is -1.66. The van der Waals surface area contributed by atoms with Crippen molar-refractivity contribution in [1.29, 1.82) is 0 Å². The lowest BCUT2D eigenvalue weighted by atomic mass is 10.0. The second-order valence-electron chi connectivity index (χ2n) is 5.40. The van der Waals surface area contributed by atoms with E-state index in [9.17, 15) is 9.18 Å². The van der Waals surface area contributed by atoms with Crippen molar-refractivity contribution in [3.8, 4) is 5.75 Å². The molecule has 0 radical (unpaired) electrons. The molecule has 1 atom stereocenters. The van der Waals surface area contributed by atoms with Crippen LogP contribution in [0, 0.1) is 5.82 Å². The minimum absolute atomic E-state index is 0.0390. The van der Waals surface area contributed by atoms with Gasteiger partial charge in [-0.15, -0.1) is 23.5 Å². The lowest BCUT2D eigenvalue weighted by Gasteiger charge is -2.26. The Balaban J connectivity index is 1.58. The van der Waals surface area contributed by atoms with Gasteiger partial charge in [-0.25, -0.2) is 4.39 Å². The number of hydrogen-bond donors (Lipinski definition) is 1. The first kappa shape index (κ1) is 17.2. The highest BCUT2D eigenvalue weighted by molar-refractivity contribution is 8.00. The maximum atomic E-state index is 13.5. The fourth-order valence-electron chi connectivity index (χ4n) is 2.57. The smallest absolute Gasteiger partial charge is 0.230 e.